The molecule has 0 spiro atoms. The van der Waals surface area contributed by atoms with Crippen molar-refractivity contribution in [2.75, 3.05) is 5.32 Å². The van der Waals surface area contributed by atoms with Gasteiger partial charge in [-0.1, -0.05) is 71.4 Å². The number of carbonyl (C=O) groups is 2. The van der Waals surface area contributed by atoms with Crippen molar-refractivity contribution in [3.63, 3.8) is 0 Å². The maximum absolute atomic E-state index is 12.5. The fourth-order valence-electron chi connectivity index (χ4n) is 4.79. The van der Waals surface area contributed by atoms with Crippen LogP contribution in [0.15, 0.2) is 65.2 Å². The molecule has 1 aromatic heterocycles. The van der Waals surface area contributed by atoms with Crippen molar-refractivity contribution in [2.45, 2.75) is 39.2 Å². The van der Waals surface area contributed by atoms with Crippen molar-refractivity contribution in [1.29, 1.82) is 0 Å². The lowest BCUT2D eigenvalue weighted by atomic mass is 9.92. The van der Waals surface area contributed by atoms with Gasteiger partial charge < -0.3 is 14.4 Å². The molecule has 0 unspecified atom stereocenters. The topological polar surface area (TPSA) is 102 Å². The molecular formula is C29H25ClN2O5. The number of ether oxygens (including phenoxy) is 1. The quantitative estimate of drug-likeness (QED) is 0.279. The molecule has 0 bridgehead atoms. The first-order valence-corrected chi connectivity index (χ1v) is 12.4. The van der Waals surface area contributed by atoms with Crippen molar-refractivity contribution in [3.8, 4) is 22.5 Å². The number of aromatic nitrogens is 1. The Morgan fingerprint density at radius 2 is 1.73 bits per heavy atom. The van der Waals surface area contributed by atoms with E-state index in [0.717, 1.165) is 47.1 Å². The van der Waals surface area contributed by atoms with Crippen LogP contribution in [0.4, 0.5) is 10.5 Å². The van der Waals surface area contributed by atoms with Crippen LogP contribution in [0.3, 0.4) is 0 Å². The SMILES string of the molecule is Cc1noc(-c2ccc(-c3ccc(CC(=O)O)c4c3CCC4)cc2)c1NC(=O)OCc1ccccc1Cl. The highest BCUT2D eigenvalue weighted by atomic mass is 35.5. The van der Waals surface area contributed by atoms with Crippen molar-refractivity contribution in [2.24, 2.45) is 0 Å². The number of benzene rings is 3. The average Bonchev–Trinajstić information content (AvgIpc) is 3.51. The van der Waals surface area contributed by atoms with Crippen LogP contribution >= 0.6 is 11.6 Å². The van der Waals surface area contributed by atoms with E-state index in [1.165, 1.54) is 5.56 Å². The van der Waals surface area contributed by atoms with Gasteiger partial charge in [0.2, 0.25) is 0 Å². The number of rotatable bonds is 7. The maximum Gasteiger partial charge on any atom is 0.412 e. The van der Waals surface area contributed by atoms with Crippen LogP contribution < -0.4 is 5.32 Å². The minimum Gasteiger partial charge on any atom is -0.481 e. The predicted molar refractivity (Wildman–Crippen MR) is 141 cm³/mol. The van der Waals surface area contributed by atoms with Crippen LogP contribution in [0, 0.1) is 6.92 Å². The largest absolute Gasteiger partial charge is 0.481 e. The Morgan fingerprint density at radius 3 is 2.49 bits per heavy atom. The number of hydrogen-bond acceptors (Lipinski definition) is 5. The highest BCUT2D eigenvalue weighted by Gasteiger charge is 2.22. The summed E-state index contributed by atoms with van der Waals surface area (Å²) in [4.78, 5) is 23.7. The summed E-state index contributed by atoms with van der Waals surface area (Å²) in [6, 6.07) is 18.9. The highest BCUT2D eigenvalue weighted by molar-refractivity contribution is 6.31. The minimum atomic E-state index is -0.814. The summed E-state index contributed by atoms with van der Waals surface area (Å²) in [6.07, 6.45) is 2.27. The Bertz CT molecular complexity index is 1480. The zero-order valence-electron chi connectivity index (χ0n) is 20.2. The van der Waals surface area contributed by atoms with E-state index in [1.54, 1.807) is 19.1 Å². The molecule has 7 nitrogen and oxygen atoms in total. The number of carboxylic acids is 1. The predicted octanol–water partition coefficient (Wildman–Crippen LogP) is 6.83. The number of aliphatic carboxylic acids is 1. The fourth-order valence-corrected chi connectivity index (χ4v) is 4.98. The molecule has 5 rings (SSSR count). The summed E-state index contributed by atoms with van der Waals surface area (Å²) < 4.78 is 10.9. The van der Waals surface area contributed by atoms with Gasteiger partial charge in [0, 0.05) is 16.1 Å². The molecule has 0 radical (unpaired) electrons. The molecule has 37 heavy (non-hydrogen) atoms. The van der Waals surface area contributed by atoms with Gasteiger partial charge in [0.05, 0.1) is 6.42 Å². The molecule has 1 amide bonds. The third-order valence-corrected chi connectivity index (χ3v) is 6.96. The van der Waals surface area contributed by atoms with E-state index in [0.29, 0.717) is 27.7 Å². The first kappa shape index (κ1) is 24.6. The van der Waals surface area contributed by atoms with Crippen molar-refractivity contribution < 1.29 is 24.0 Å². The van der Waals surface area contributed by atoms with E-state index in [4.69, 9.17) is 20.9 Å². The molecule has 8 heteroatoms. The molecule has 1 aliphatic rings. The maximum atomic E-state index is 12.5. The van der Waals surface area contributed by atoms with Gasteiger partial charge in [-0.3, -0.25) is 10.1 Å². The summed E-state index contributed by atoms with van der Waals surface area (Å²) >= 11 is 6.14. The fraction of sp³-hybridized carbons (Fsp3) is 0.207. The van der Waals surface area contributed by atoms with Crippen LogP contribution in [0.5, 0.6) is 0 Å². The van der Waals surface area contributed by atoms with E-state index in [9.17, 15) is 14.7 Å². The van der Waals surface area contributed by atoms with E-state index in [2.05, 4.69) is 10.5 Å². The molecular weight excluding hydrogens is 492 g/mol. The van der Waals surface area contributed by atoms with Crippen LogP contribution in [0.2, 0.25) is 5.02 Å². The van der Waals surface area contributed by atoms with Crippen LogP contribution in [-0.4, -0.2) is 22.3 Å². The summed E-state index contributed by atoms with van der Waals surface area (Å²) in [6.45, 7) is 1.78. The highest BCUT2D eigenvalue weighted by Crippen LogP contribution is 2.37. The molecule has 0 atom stereocenters. The van der Waals surface area contributed by atoms with Gasteiger partial charge >= 0.3 is 12.1 Å². The second-order valence-corrected chi connectivity index (χ2v) is 9.40. The lowest BCUT2D eigenvalue weighted by molar-refractivity contribution is -0.136. The van der Waals surface area contributed by atoms with Crippen LogP contribution in [0.1, 0.15) is 34.4 Å². The third kappa shape index (κ3) is 5.22. The summed E-state index contributed by atoms with van der Waals surface area (Å²) in [5, 5.41) is 16.5. The second-order valence-electron chi connectivity index (χ2n) is 9.00. The van der Waals surface area contributed by atoms with Crippen molar-refractivity contribution >= 4 is 29.4 Å². The molecule has 0 saturated heterocycles. The van der Waals surface area contributed by atoms with E-state index in [1.807, 2.05) is 48.5 Å². The molecule has 0 fully saturated rings. The summed E-state index contributed by atoms with van der Waals surface area (Å²) in [5.41, 5.74) is 7.87. The van der Waals surface area contributed by atoms with E-state index in [-0.39, 0.29) is 13.0 Å². The lowest BCUT2D eigenvalue weighted by Crippen LogP contribution is -2.14. The van der Waals surface area contributed by atoms with E-state index < -0.39 is 12.1 Å². The number of halogens is 1. The van der Waals surface area contributed by atoms with Gasteiger partial charge in [0.25, 0.3) is 0 Å². The van der Waals surface area contributed by atoms with Gasteiger partial charge in [-0.2, -0.15) is 0 Å². The first-order chi connectivity index (χ1) is 17.9. The number of nitrogens with one attached hydrogen (secondary N) is 1. The van der Waals surface area contributed by atoms with E-state index >= 15 is 0 Å². The second kappa shape index (κ2) is 10.5. The molecule has 0 aliphatic heterocycles. The molecule has 1 aliphatic carbocycles. The Labute approximate surface area is 219 Å². The van der Waals surface area contributed by atoms with Gasteiger partial charge in [0.15, 0.2) is 5.76 Å². The third-order valence-electron chi connectivity index (χ3n) is 6.59. The zero-order valence-corrected chi connectivity index (χ0v) is 21.0. The van der Waals surface area contributed by atoms with Crippen LogP contribution in [0.25, 0.3) is 22.5 Å². The number of carboxylic acid groups (broad SMARTS) is 1. The molecule has 2 N–H and O–H groups in total. The Balaban J connectivity index is 1.34. The number of nitrogens with zero attached hydrogens (tertiary/aromatic N) is 1. The standard InChI is InChI=1S/C29H25ClN2O5/c1-17-27(31-29(35)36-16-21-5-2-3-8-25(21)30)28(37-32-17)19-11-9-18(10-12-19)23-14-13-20(15-26(33)34)22-6-4-7-24(22)23/h2-3,5,8-14H,4,6-7,15-16H2,1H3,(H,31,35)(H,33,34). The van der Waals surface area contributed by atoms with Crippen molar-refractivity contribution in [3.05, 3.63) is 93.6 Å². The van der Waals surface area contributed by atoms with Gasteiger partial charge in [-0.25, -0.2) is 4.79 Å². The molecule has 0 saturated carbocycles. The number of anilines is 1. The molecule has 4 aromatic rings. The molecule has 188 valence electrons. The number of hydrogen-bond donors (Lipinski definition) is 2. The molecule has 1 heterocycles. The Hall–Kier alpha value is -4.10. The minimum absolute atomic E-state index is 0.0371. The smallest absolute Gasteiger partial charge is 0.412 e. The molecule has 3 aromatic carbocycles. The van der Waals surface area contributed by atoms with Crippen LogP contribution in [-0.2, 0) is 35.4 Å². The average molecular weight is 517 g/mol. The lowest BCUT2D eigenvalue weighted by Gasteiger charge is -2.13. The number of aryl methyl sites for hydroxylation is 1. The van der Waals surface area contributed by atoms with Crippen molar-refractivity contribution in [1.82, 2.24) is 5.16 Å². The van der Waals surface area contributed by atoms with Gasteiger partial charge in [-0.05, 0) is 60.1 Å². The van der Waals surface area contributed by atoms with Gasteiger partial charge in [-0.15, -0.1) is 0 Å². The number of fused-ring (bicyclic) bond motifs is 1. The Kier molecular flexibility index (Phi) is 6.97. The Morgan fingerprint density at radius 1 is 1.00 bits per heavy atom. The summed E-state index contributed by atoms with van der Waals surface area (Å²) in [5.74, 6) is -0.383. The summed E-state index contributed by atoms with van der Waals surface area (Å²) in [7, 11) is 0. The monoisotopic (exact) mass is 516 g/mol. The number of amides is 1. The number of carbonyl (C=O) groups excluding carboxylic acids is 1. The zero-order chi connectivity index (χ0) is 25.9. The first-order valence-electron chi connectivity index (χ1n) is 12.0. The van der Waals surface area contributed by atoms with Gasteiger partial charge in [0.1, 0.15) is 18.0 Å². The normalized spacial score (nSPS) is 12.3.